The fraction of sp³-hybridized carbons (Fsp3) is 0.400. The third-order valence-electron chi connectivity index (χ3n) is 1.04. The molecule has 1 rings (SSSR count). The van der Waals surface area contributed by atoms with Crippen molar-refractivity contribution in [2.75, 3.05) is 13.7 Å². The minimum Gasteiger partial charge on any atom is -0.338 e. The number of rotatable bonds is 1. The van der Waals surface area contributed by atoms with Crippen molar-refractivity contribution in [3.63, 3.8) is 0 Å². The van der Waals surface area contributed by atoms with Crippen LogP contribution in [0, 0.1) is 0 Å². The zero-order valence-electron chi connectivity index (χ0n) is 5.13. The first-order valence-electron chi connectivity index (χ1n) is 2.62. The normalized spacial score (nSPS) is 17.9. The summed E-state index contributed by atoms with van der Waals surface area (Å²) in [6, 6.07) is 0. The third-order valence-corrected chi connectivity index (χ3v) is 1.36. The lowest BCUT2D eigenvalue weighted by Crippen LogP contribution is -2.39. The summed E-state index contributed by atoms with van der Waals surface area (Å²) in [5.41, 5.74) is 0. The molecule has 0 amide bonds. The van der Waals surface area contributed by atoms with Gasteiger partial charge in [0.15, 0.2) is 5.11 Å². The van der Waals surface area contributed by atoms with Gasteiger partial charge in [-0.3, -0.25) is 4.84 Å². The number of hydrogen-bond donors (Lipinski definition) is 1. The summed E-state index contributed by atoms with van der Waals surface area (Å²) in [4.78, 5) is 4.88. The van der Waals surface area contributed by atoms with Gasteiger partial charge in [-0.15, -0.1) is 0 Å². The Hall–Kier alpha value is -0.610. The quantitative estimate of drug-likeness (QED) is 0.533. The van der Waals surface area contributed by atoms with E-state index >= 15 is 0 Å². The summed E-state index contributed by atoms with van der Waals surface area (Å²) in [6.45, 7) is 0.725. The second-order valence-corrected chi connectivity index (χ2v) is 1.98. The number of nitrogens with one attached hydrogen (secondary N) is 1. The highest BCUT2D eigenvalue weighted by atomic mass is 32.1. The van der Waals surface area contributed by atoms with Crippen molar-refractivity contribution in [3.05, 3.63) is 12.3 Å². The average Bonchev–Trinajstić information content (AvgIpc) is 1.89. The lowest BCUT2D eigenvalue weighted by Gasteiger charge is -2.23. The topological polar surface area (TPSA) is 24.5 Å². The first kappa shape index (κ1) is 6.51. The highest BCUT2D eigenvalue weighted by Gasteiger charge is 2.07. The Labute approximate surface area is 59.2 Å². The molecule has 0 fully saturated rings. The molecule has 1 aliphatic heterocycles. The van der Waals surface area contributed by atoms with E-state index in [-0.39, 0.29) is 0 Å². The first-order valence-corrected chi connectivity index (χ1v) is 3.02. The van der Waals surface area contributed by atoms with Crippen molar-refractivity contribution in [2.24, 2.45) is 0 Å². The van der Waals surface area contributed by atoms with Crippen molar-refractivity contribution in [1.82, 2.24) is 10.4 Å². The molecule has 0 bridgehead atoms. The largest absolute Gasteiger partial charge is 0.338 e. The summed E-state index contributed by atoms with van der Waals surface area (Å²) < 4.78 is 0. The van der Waals surface area contributed by atoms with Crippen LogP contribution in [0.25, 0.3) is 0 Å². The molecule has 0 radical (unpaired) electrons. The van der Waals surface area contributed by atoms with Crippen LogP contribution in [0.2, 0.25) is 0 Å². The van der Waals surface area contributed by atoms with Gasteiger partial charge < -0.3 is 5.32 Å². The van der Waals surface area contributed by atoms with Gasteiger partial charge in [-0.2, -0.15) is 0 Å². The smallest absolute Gasteiger partial charge is 0.197 e. The fourth-order valence-corrected chi connectivity index (χ4v) is 0.808. The summed E-state index contributed by atoms with van der Waals surface area (Å²) in [7, 11) is 1.59. The van der Waals surface area contributed by atoms with Gasteiger partial charge in [0.25, 0.3) is 0 Å². The molecule has 0 aromatic carbocycles. The Morgan fingerprint density at radius 3 is 3.11 bits per heavy atom. The minimum absolute atomic E-state index is 0.611. The van der Waals surface area contributed by atoms with E-state index in [1.165, 1.54) is 0 Å². The first-order chi connectivity index (χ1) is 4.34. The highest BCUT2D eigenvalue weighted by Crippen LogP contribution is 1.94. The van der Waals surface area contributed by atoms with Gasteiger partial charge in [0.05, 0.1) is 13.7 Å². The Balaban J connectivity index is 2.53. The van der Waals surface area contributed by atoms with Crippen LogP contribution in [0.4, 0.5) is 0 Å². The average molecular weight is 144 g/mol. The number of nitrogens with zero attached hydrogens (tertiary/aromatic N) is 1. The molecule has 3 nitrogen and oxygen atoms in total. The molecule has 1 N–H and O–H groups in total. The molecule has 1 heterocycles. The molecule has 4 heteroatoms. The number of hydroxylamine groups is 2. The number of thiocarbonyl (C=S) groups is 1. The molecule has 9 heavy (non-hydrogen) atoms. The van der Waals surface area contributed by atoms with Crippen molar-refractivity contribution < 1.29 is 4.84 Å². The molecule has 50 valence electrons. The predicted molar refractivity (Wildman–Crippen MR) is 38.6 cm³/mol. The van der Waals surface area contributed by atoms with Crippen LogP contribution < -0.4 is 5.32 Å². The van der Waals surface area contributed by atoms with Gasteiger partial charge in [0, 0.05) is 6.20 Å². The molecule has 0 atom stereocenters. The Kier molecular flexibility index (Phi) is 2.02. The van der Waals surface area contributed by atoms with Gasteiger partial charge in [-0.25, -0.2) is 5.06 Å². The highest BCUT2D eigenvalue weighted by molar-refractivity contribution is 7.80. The minimum atomic E-state index is 0.611. The molecule has 0 aromatic heterocycles. The zero-order chi connectivity index (χ0) is 6.69. The standard InChI is InChI=1S/C5H8N2OS/c1-8-7-4-2-3-6-5(7)9/h2-3H,4H2,1H3,(H,6,9). The lowest BCUT2D eigenvalue weighted by atomic mass is 10.5. The van der Waals surface area contributed by atoms with Gasteiger partial charge in [0.2, 0.25) is 0 Å². The van der Waals surface area contributed by atoms with E-state index < -0.39 is 0 Å². The molecule has 0 unspecified atom stereocenters. The SMILES string of the molecule is CON1CC=CNC1=S. The fourth-order valence-electron chi connectivity index (χ4n) is 0.591. The van der Waals surface area contributed by atoms with E-state index in [1.807, 2.05) is 6.08 Å². The number of hydrogen-bond acceptors (Lipinski definition) is 2. The molecule has 0 aliphatic carbocycles. The van der Waals surface area contributed by atoms with Crippen molar-refractivity contribution >= 4 is 17.3 Å². The molecule has 0 saturated heterocycles. The Bertz CT molecular complexity index is 146. The van der Waals surface area contributed by atoms with Gasteiger partial charge in [-0.05, 0) is 18.3 Å². The van der Waals surface area contributed by atoms with Crippen molar-refractivity contribution in [1.29, 1.82) is 0 Å². The molecular formula is C5H8N2OS. The Morgan fingerprint density at radius 1 is 1.89 bits per heavy atom. The van der Waals surface area contributed by atoms with E-state index in [1.54, 1.807) is 18.4 Å². The molecule has 0 aromatic rings. The molecule has 0 saturated carbocycles. The maximum atomic E-state index is 4.88. The second kappa shape index (κ2) is 2.80. The van der Waals surface area contributed by atoms with Gasteiger partial charge in [-0.1, -0.05) is 0 Å². The van der Waals surface area contributed by atoms with Crippen LogP contribution in [0.3, 0.4) is 0 Å². The Morgan fingerprint density at radius 2 is 2.67 bits per heavy atom. The summed E-state index contributed by atoms with van der Waals surface area (Å²) in [5, 5.41) is 5.04. The van der Waals surface area contributed by atoms with E-state index in [9.17, 15) is 0 Å². The summed E-state index contributed by atoms with van der Waals surface area (Å²) in [5.74, 6) is 0. The molecule has 0 spiro atoms. The van der Waals surface area contributed by atoms with Crippen molar-refractivity contribution in [2.45, 2.75) is 0 Å². The van der Waals surface area contributed by atoms with Crippen LogP contribution in [0.1, 0.15) is 0 Å². The maximum Gasteiger partial charge on any atom is 0.197 e. The second-order valence-electron chi connectivity index (χ2n) is 1.60. The van der Waals surface area contributed by atoms with Gasteiger partial charge >= 0.3 is 0 Å². The summed E-state index contributed by atoms with van der Waals surface area (Å²) in [6.07, 6.45) is 3.73. The van der Waals surface area contributed by atoms with Crippen LogP contribution in [-0.4, -0.2) is 23.8 Å². The predicted octanol–water partition coefficient (Wildman–Crippen LogP) is 0.252. The van der Waals surface area contributed by atoms with E-state index in [4.69, 9.17) is 17.1 Å². The summed E-state index contributed by atoms with van der Waals surface area (Å²) >= 11 is 4.86. The maximum absolute atomic E-state index is 4.88. The van der Waals surface area contributed by atoms with Crippen molar-refractivity contribution in [3.8, 4) is 0 Å². The van der Waals surface area contributed by atoms with Crippen LogP contribution >= 0.6 is 12.2 Å². The van der Waals surface area contributed by atoms with Crippen LogP contribution in [0.5, 0.6) is 0 Å². The third kappa shape index (κ3) is 1.40. The van der Waals surface area contributed by atoms with Gasteiger partial charge in [0.1, 0.15) is 0 Å². The van der Waals surface area contributed by atoms with Crippen LogP contribution in [-0.2, 0) is 4.84 Å². The van der Waals surface area contributed by atoms with E-state index in [0.717, 1.165) is 6.54 Å². The molecular weight excluding hydrogens is 136 g/mol. The lowest BCUT2D eigenvalue weighted by molar-refractivity contribution is -0.0569. The van der Waals surface area contributed by atoms with E-state index in [0.29, 0.717) is 5.11 Å². The monoisotopic (exact) mass is 144 g/mol. The van der Waals surface area contributed by atoms with Crippen LogP contribution in [0.15, 0.2) is 12.3 Å². The zero-order valence-corrected chi connectivity index (χ0v) is 5.94. The van der Waals surface area contributed by atoms with E-state index in [2.05, 4.69) is 5.32 Å². The molecule has 1 aliphatic rings.